The minimum absolute atomic E-state index is 0.356. The number of halogens is 2. The first-order valence-corrected chi connectivity index (χ1v) is 5.55. The molecule has 1 aromatic carbocycles. The molecule has 0 unspecified atom stereocenters. The van der Waals surface area contributed by atoms with Crippen molar-refractivity contribution in [3.63, 3.8) is 0 Å². The van der Waals surface area contributed by atoms with Gasteiger partial charge in [0.1, 0.15) is 5.01 Å². The second-order valence-corrected chi connectivity index (χ2v) is 4.63. The topological polar surface area (TPSA) is 38.9 Å². The molecule has 0 saturated heterocycles. The fraction of sp³-hybridized carbons (Fsp3) is 0.182. The van der Waals surface area contributed by atoms with Crippen LogP contribution in [-0.2, 0) is 6.54 Å². The van der Waals surface area contributed by atoms with E-state index in [4.69, 9.17) is 5.73 Å². The smallest absolute Gasteiger partial charge is 0.159 e. The first kappa shape index (κ1) is 11.2. The standard InChI is InChI=1S/C11H10F2N2S/c1-6-11(15-10(5-14)16-6)7-2-3-8(12)9(13)4-7/h2-4H,5,14H2,1H3. The van der Waals surface area contributed by atoms with E-state index in [0.29, 0.717) is 17.8 Å². The second kappa shape index (κ2) is 4.27. The van der Waals surface area contributed by atoms with Gasteiger partial charge < -0.3 is 5.73 Å². The summed E-state index contributed by atoms with van der Waals surface area (Å²) in [4.78, 5) is 5.22. The summed E-state index contributed by atoms with van der Waals surface area (Å²) in [6.45, 7) is 2.24. The molecule has 1 aromatic heterocycles. The van der Waals surface area contributed by atoms with E-state index in [1.165, 1.54) is 17.4 Å². The van der Waals surface area contributed by atoms with E-state index in [1.807, 2.05) is 6.92 Å². The molecule has 0 bridgehead atoms. The molecule has 0 aliphatic heterocycles. The third-order valence-corrected chi connectivity index (χ3v) is 3.20. The summed E-state index contributed by atoms with van der Waals surface area (Å²) < 4.78 is 25.8. The minimum Gasteiger partial charge on any atom is -0.325 e. The predicted molar refractivity (Wildman–Crippen MR) is 60.1 cm³/mol. The Bertz CT molecular complexity index is 523. The van der Waals surface area contributed by atoms with Gasteiger partial charge in [-0.3, -0.25) is 0 Å². The van der Waals surface area contributed by atoms with Crippen molar-refractivity contribution in [1.29, 1.82) is 0 Å². The van der Waals surface area contributed by atoms with Gasteiger partial charge in [-0.05, 0) is 25.1 Å². The average Bonchev–Trinajstić information content (AvgIpc) is 2.64. The highest BCUT2D eigenvalue weighted by Gasteiger charge is 2.11. The monoisotopic (exact) mass is 240 g/mol. The SMILES string of the molecule is Cc1sc(CN)nc1-c1ccc(F)c(F)c1. The quantitative estimate of drug-likeness (QED) is 0.876. The summed E-state index contributed by atoms with van der Waals surface area (Å²) in [5.74, 6) is -1.71. The maximum Gasteiger partial charge on any atom is 0.159 e. The van der Waals surface area contributed by atoms with E-state index in [2.05, 4.69) is 4.98 Å². The van der Waals surface area contributed by atoms with Crippen molar-refractivity contribution in [2.45, 2.75) is 13.5 Å². The number of hydrogen-bond donors (Lipinski definition) is 1. The molecular weight excluding hydrogens is 230 g/mol. The Labute approximate surface area is 95.7 Å². The first-order chi connectivity index (χ1) is 7.61. The van der Waals surface area contributed by atoms with Gasteiger partial charge >= 0.3 is 0 Å². The van der Waals surface area contributed by atoms with Crippen LogP contribution in [0.15, 0.2) is 18.2 Å². The third kappa shape index (κ3) is 1.96. The molecule has 0 radical (unpaired) electrons. The van der Waals surface area contributed by atoms with Crippen molar-refractivity contribution < 1.29 is 8.78 Å². The molecule has 0 saturated carbocycles. The first-order valence-electron chi connectivity index (χ1n) is 4.73. The molecule has 2 rings (SSSR count). The van der Waals surface area contributed by atoms with Crippen molar-refractivity contribution in [2.24, 2.45) is 5.73 Å². The van der Waals surface area contributed by atoms with E-state index in [9.17, 15) is 8.78 Å². The number of nitrogens with two attached hydrogens (primary N) is 1. The third-order valence-electron chi connectivity index (χ3n) is 2.21. The van der Waals surface area contributed by atoms with Gasteiger partial charge in [0.25, 0.3) is 0 Å². The highest BCUT2D eigenvalue weighted by molar-refractivity contribution is 7.12. The largest absolute Gasteiger partial charge is 0.325 e. The summed E-state index contributed by atoms with van der Waals surface area (Å²) in [6, 6.07) is 3.77. The summed E-state index contributed by atoms with van der Waals surface area (Å²) in [6.07, 6.45) is 0. The highest BCUT2D eigenvalue weighted by Crippen LogP contribution is 2.28. The minimum atomic E-state index is -0.862. The van der Waals surface area contributed by atoms with Gasteiger partial charge in [-0.2, -0.15) is 0 Å². The molecule has 0 fully saturated rings. The van der Waals surface area contributed by atoms with Gasteiger partial charge in [0.15, 0.2) is 11.6 Å². The molecule has 0 aliphatic carbocycles. The summed E-state index contributed by atoms with van der Waals surface area (Å²) in [5, 5.41) is 0.789. The molecule has 84 valence electrons. The maximum absolute atomic E-state index is 13.1. The summed E-state index contributed by atoms with van der Waals surface area (Å²) >= 11 is 1.47. The lowest BCUT2D eigenvalue weighted by molar-refractivity contribution is 0.509. The lowest BCUT2D eigenvalue weighted by Crippen LogP contribution is -1.94. The zero-order chi connectivity index (χ0) is 11.7. The van der Waals surface area contributed by atoms with E-state index < -0.39 is 11.6 Å². The van der Waals surface area contributed by atoms with Gasteiger partial charge in [-0.1, -0.05) is 0 Å². The molecule has 2 N–H and O–H groups in total. The molecule has 2 nitrogen and oxygen atoms in total. The van der Waals surface area contributed by atoms with Gasteiger partial charge in [0.2, 0.25) is 0 Å². The van der Waals surface area contributed by atoms with Crippen molar-refractivity contribution in [3.8, 4) is 11.3 Å². The number of rotatable bonds is 2. The summed E-state index contributed by atoms with van der Waals surface area (Å²) in [7, 11) is 0. The zero-order valence-electron chi connectivity index (χ0n) is 8.63. The van der Waals surface area contributed by atoms with E-state index in [1.54, 1.807) is 0 Å². The molecule has 0 aliphatic rings. The zero-order valence-corrected chi connectivity index (χ0v) is 9.44. The molecule has 0 atom stereocenters. The Kier molecular flexibility index (Phi) is 2.98. The summed E-state index contributed by atoms with van der Waals surface area (Å²) in [5.41, 5.74) is 6.72. The number of benzene rings is 1. The van der Waals surface area contributed by atoms with Crippen LogP contribution in [0.2, 0.25) is 0 Å². The number of aryl methyl sites for hydroxylation is 1. The van der Waals surface area contributed by atoms with Crippen LogP contribution < -0.4 is 5.73 Å². The van der Waals surface area contributed by atoms with Crippen molar-refractivity contribution in [1.82, 2.24) is 4.98 Å². The van der Waals surface area contributed by atoms with E-state index in [-0.39, 0.29) is 0 Å². The lowest BCUT2D eigenvalue weighted by Gasteiger charge is -1.99. The fourth-order valence-electron chi connectivity index (χ4n) is 1.45. The van der Waals surface area contributed by atoms with Crippen LogP contribution in [-0.4, -0.2) is 4.98 Å². The molecular formula is C11H10F2N2S. The van der Waals surface area contributed by atoms with Gasteiger partial charge in [-0.25, -0.2) is 13.8 Å². The van der Waals surface area contributed by atoms with Gasteiger partial charge in [0.05, 0.1) is 5.69 Å². The van der Waals surface area contributed by atoms with Crippen molar-refractivity contribution in [2.75, 3.05) is 0 Å². The Balaban J connectivity index is 2.49. The Morgan fingerprint density at radius 3 is 2.62 bits per heavy atom. The predicted octanol–water partition coefficient (Wildman–Crippen LogP) is 2.86. The fourth-order valence-corrected chi connectivity index (χ4v) is 2.28. The van der Waals surface area contributed by atoms with Gasteiger partial charge in [0, 0.05) is 17.0 Å². The lowest BCUT2D eigenvalue weighted by atomic mass is 10.1. The molecule has 0 amide bonds. The number of hydrogen-bond acceptors (Lipinski definition) is 3. The van der Waals surface area contributed by atoms with Crippen LogP contribution in [0.25, 0.3) is 11.3 Å². The molecule has 5 heteroatoms. The Hall–Kier alpha value is -1.33. The van der Waals surface area contributed by atoms with E-state index in [0.717, 1.165) is 22.0 Å². The maximum atomic E-state index is 13.1. The van der Waals surface area contributed by atoms with Crippen LogP contribution in [0.1, 0.15) is 9.88 Å². The average molecular weight is 240 g/mol. The molecule has 0 spiro atoms. The number of thiazole rings is 1. The van der Waals surface area contributed by atoms with Crippen LogP contribution in [0.4, 0.5) is 8.78 Å². The van der Waals surface area contributed by atoms with Crippen LogP contribution in [0.5, 0.6) is 0 Å². The van der Waals surface area contributed by atoms with Crippen LogP contribution in [0.3, 0.4) is 0 Å². The van der Waals surface area contributed by atoms with Crippen LogP contribution >= 0.6 is 11.3 Å². The van der Waals surface area contributed by atoms with Gasteiger partial charge in [-0.15, -0.1) is 11.3 Å². The highest BCUT2D eigenvalue weighted by atomic mass is 32.1. The normalized spacial score (nSPS) is 10.8. The Morgan fingerprint density at radius 1 is 1.31 bits per heavy atom. The van der Waals surface area contributed by atoms with Crippen LogP contribution in [0, 0.1) is 18.6 Å². The molecule has 1 heterocycles. The van der Waals surface area contributed by atoms with Crippen molar-refractivity contribution in [3.05, 3.63) is 39.7 Å². The number of nitrogens with zero attached hydrogens (tertiary/aromatic N) is 1. The number of aromatic nitrogens is 1. The molecule has 16 heavy (non-hydrogen) atoms. The Morgan fingerprint density at radius 2 is 2.06 bits per heavy atom. The second-order valence-electron chi connectivity index (χ2n) is 3.35. The molecule has 2 aromatic rings. The van der Waals surface area contributed by atoms with Crippen molar-refractivity contribution >= 4 is 11.3 Å². The van der Waals surface area contributed by atoms with E-state index >= 15 is 0 Å².